The van der Waals surface area contributed by atoms with Crippen molar-refractivity contribution in [3.05, 3.63) is 40.1 Å². The van der Waals surface area contributed by atoms with E-state index in [2.05, 4.69) is 31.6 Å². The van der Waals surface area contributed by atoms with Crippen LogP contribution >= 0.6 is 15.9 Å². The second-order valence-corrected chi connectivity index (χ2v) is 5.36. The molecule has 1 N–H and O–H groups in total. The van der Waals surface area contributed by atoms with Crippen molar-refractivity contribution >= 4 is 15.9 Å². The maximum atomic E-state index is 13.8. The van der Waals surface area contributed by atoms with Crippen molar-refractivity contribution in [1.29, 1.82) is 0 Å². The van der Waals surface area contributed by atoms with Crippen LogP contribution < -0.4 is 5.32 Å². The van der Waals surface area contributed by atoms with Gasteiger partial charge in [-0.05, 0) is 34.8 Å². The summed E-state index contributed by atoms with van der Waals surface area (Å²) in [5.41, 5.74) is 0.919. The fourth-order valence-corrected chi connectivity index (χ4v) is 2.12. The van der Waals surface area contributed by atoms with E-state index in [1.807, 2.05) is 0 Å². The predicted molar refractivity (Wildman–Crippen MR) is 68.8 cm³/mol. The van der Waals surface area contributed by atoms with Gasteiger partial charge in [0.2, 0.25) is 0 Å². The summed E-state index contributed by atoms with van der Waals surface area (Å²) >= 11 is 3.04. The Morgan fingerprint density at radius 2 is 2.11 bits per heavy atom. The van der Waals surface area contributed by atoms with Gasteiger partial charge in [-0.15, -0.1) is 5.10 Å². The molecule has 1 aromatic heterocycles. The summed E-state index contributed by atoms with van der Waals surface area (Å²) in [5.74, 6) is -1.31. The largest absolute Gasteiger partial charge is 0.308 e. The van der Waals surface area contributed by atoms with E-state index in [1.54, 1.807) is 6.20 Å². The number of rotatable bonds is 4. The van der Waals surface area contributed by atoms with E-state index in [1.165, 1.54) is 10.7 Å². The van der Waals surface area contributed by atoms with Crippen molar-refractivity contribution < 1.29 is 8.78 Å². The Bertz CT molecular complexity index is 610. The molecule has 0 aliphatic heterocycles. The van der Waals surface area contributed by atoms with Crippen LogP contribution in [0.5, 0.6) is 0 Å². The summed E-state index contributed by atoms with van der Waals surface area (Å²) in [7, 11) is 0. The van der Waals surface area contributed by atoms with Crippen LogP contribution in [0.25, 0.3) is 5.69 Å². The molecule has 100 valence electrons. The van der Waals surface area contributed by atoms with E-state index in [9.17, 15) is 8.78 Å². The normalized spacial score (nSPS) is 14.9. The molecular formula is C12H11BrF2N4. The van der Waals surface area contributed by atoms with Gasteiger partial charge >= 0.3 is 0 Å². The molecule has 0 spiro atoms. The third-order valence-corrected chi connectivity index (χ3v) is 3.59. The van der Waals surface area contributed by atoms with E-state index in [-0.39, 0.29) is 10.2 Å². The van der Waals surface area contributed by atoms with Gasteiger partial charge in [0.25, 0.3) is 0 Å². The van der Waals surface area contributed by atoms with Gasteiger partial charge in [-0.3, -0.25) is 0 Å². The predicted octanol–water partition coefficient (Wildman–Crippen LogP) is 2.56. The molecule has 1 aliphatic carbocycles. The van der Waals surface area contributed by atoms with E-state index in [0.717, 1.165) is 24.6 Å². The summed E-state index contributed by atoms with van der Waals surface area (Å²) in [4.78, 5) is 0. The lowest BCUT2D eigenvalue weighted by molar-refractivity contribution is 0.562. The minimum Gasteiger partial charge on any atom is -0.308 e. The smallest absolute Gasteiger partial charge is 0.151 e. The van der Waals surface area contributed by atoms with Crippen LogP contribution in [0.15, 0.2) is 22.8 Å². The third kappa shape index (κ3) is 2.66. The minimum atomic E-state index is -0.668. The van der Waals surface area contributed by atoms with Crippen LogP contribution in [-0.4, -0.2) is 21.0 Å². The molecule has 0 radical (unpaired) electrons. The van der Waals surface area contributed by atoms with Gasteiger partial charge in [-0.1, -0.05) is 5.21 Å². The Labute approximate surface area is 116 Å². The fraction of sp³-hybridized carbons (Fsp3) is 0.333. The first-order chi connectivity index (χ1) is 9.15. The first kappa shape index (κ1) is 12.7. The van der Waals surface area contributed by atoms with Crippen molar-refractivity contribution in [2.45, 2.75) is 25.4 Å². The van der Waals surface area contributed by atoms with Gasteiger partial charge in [0.15, 0.2) is 5.82 Å². The van der Waals surface area contributed by atoms with Gasteiger partial charge in [-0.25, -0.2) is 13.5 Å². The zero-order valence-corrected chi connectivity index (χ0v) is 11.5. The Kier molecular flexibility index (Phi) is 3.32. The van der Waals surface area contributed by atoms with Crippen LogP contribution in [0.3, 0.4) is 0 Å². The third-order valence-electron chi connectivity index (χ3n) is 2.99. The van der Waals surface area contributed by atoms with Gasteiger partial charge in [0, 0.05) is 18.7 Å². The monoisotopic (exact) mass is 328 g/mol. The second kappa shape index (κ2) is 4.97. The molecule has 0 amide bonds. The number of nitrogens with one attached hydrogen (secondary N) is 1. The first-order valence-electron chi connectivity index (χ1n) is 5.93. The van der Waals surface area contributed by atoms with Gasteiger partial charge in [-0.2, -0.15) is 0 Å². The average molecular weight is 329 g/mol. The molecular weight excluding hydrogens is 318 g/mol. The maximum absolute atomic E-state index is 13.8. The van der Waals surface area contributed by atoms with Crippen molar-refractivity contribution in [2.75, 3.05) is 0 Å². The molecule has 4 nitrogen and oxygen atoms in total. The molecule has 1 aliphatic rings. The SMILES string of the molecule is Fc1cc(F)c(-n2nncc2CNC2CC2)cc1Br. The number of hydrogen-bond donors (Lipinski definition) is 1. The molecule has 0 bridgehead atoms. The molecule has 0 saturated heterocycles. The summed E-state index contributed by atoms with van der Waals surface area (Å²) in [6.07, 6.45) is 3.90. The lowest BCUT2D eigenvalue weighted by Gasteiger charge is -2.09. The summed E-state index contributed by atoms with van der Waals surface area (Å²) in [6, 6.07) is 2.73. The zero-order valence-electron chi connectivity index (χ0n) is 9.91. The van der Waals surface area contributed by atoms with Crippen LogP contribution in [0.2, 0.25) is 0 Å². The summed E-state index contributed by atoms with van der Waals surface area (Å²) in [5, 5.41) is 11.0. The van der Waals surface area contributed by atoms with Crippen molar-refractivity contribution in [2.24, 2.45) is 0 Å². The highest BCUT2D eigenvalue weighted by Gasteiger charge is 2.21. The lowest BCUT2D eigenvalue weighted by atomic mass is 10.3. The molecule has 1 fully saturated rings. The molecule has 1 heterocycles. The van der Waals surface area contributed by atoms with E-state index < -0.39 is 11.6 Å². The van der Waals surface area contributed by atoms with E-state index in [4.69, 9.17) is 0 Å². The number of nitrogens with zero attached hydrogens (tertiary/aromatic N) is 3. The summed E-state index contributed by atoms with van der Waals surface area (Å²) < 4.78 is 28.6. The highest BCUT2D eigenvalue weighted by Crippen LogP contribution is 2.24. The van der Waals surface area contributed by atoms with Crippen LogP contribution in [-0.2, 0) is 6.54 Å². The number of hydrogen-bond acceptors (Lipinski definition) is 3. The molecule has 1 saturated carbocycles. The van der Waals surface area contributed by atoms with Gasteiger partial charge in [0.1, 0.15) is 11.5 Å². The second-order valence-electron chi connectivity index (χ2n) is 4.51. The summed E-state index contributed by atoms with van der Waals surface area (Å²) in [6.45, 7) is 0.562. The number of aromatic nitrogens is 3. The van der Waals surface area contributed by atoms with Gasteiger partial charge in [0.05, 0.1) is 16.4 Å². The number of halogens is 3. The quantitative estimate of drug-likeness (QED) is 0.877. The minimum absolute atomic E-state index is 0.179. The molecule has 3 rings (SSSR count). The highest BCUT2D eigenvalue weighted by molar-refractivity contribution is 9.10. The van der Waals surface area contributed by atoms with Crippen molar-refractivity contribution in [3.63, 3.8) is 0 Å². The first-order valence-corrected chi connectivity index (χ1v) is 6.72. The molecule has 7 heteroatoms. The molecule has 1 aromatic carbocycles. The van der Waals surface area contributed by atoms with Crippen LogP contribution in [0.4, 0.5) is 8.78 Å². The standard InChI is InChI=1S/C12H11BrF2N4/c13-9-3-12(11(15)4-10(9)14)19-8(6-17-18-19)5-16-7-1-2-7/h3-4,6-7,16H,1-2,5H2. The van der Waals surface area contributed by atoms with Crippen molar-refractivity contribution in [1.82, 2.24) is 20.3 Å². The highest BCUT2D eigenvalue weighted by atomic mass is 79.9. The Balaban J connectivity index is 1.92. The van der Waals surface area contributed by atoms with Crippen LogP contribution in [0, 0.1) is 11.6 Å². The van der Waals surface area contributed by atoms with Crippen LogP contribution in [0.1, 0.15) is 18.5 Å². The van der Waals surface area contributed by atoms with E-state index >= 15 is 0 Å². The lowest BCUT2D eigenvalue weighted by Crippen LogP contribution is -2.18. The fourth-order valence-electron chi connectivity index (χ4n) is 1.79. The molecule has 0 unspecified atom stereocenters. The molecule has 2 aromatic rings. The Hall–Kier alpha value is -1.34. The maximum Gasteiger partial charge on any atom is 0.151 e. The Morgan fingerprint density at radius 3 is 2.84 bits per heavy atom. The molecule has 19 heavy (non-hydrogen) atoms. The topological polar surface area (TPSA) is 42.7 Å². The zero-order chi connectivity index (χ0) is 13.4. The Morgan fingerprint density at radius 1 is 1.32 bits per heavy atom. The molecule has 0 atom stereocenters. The number of benzene rings is 1. The van der Waals surface area contributed by atoms with E-state index in [0.29, 0.717) is 12.6 Å². The average Bonchev–Trinajstić information content (AvgIpc) is 3.09. The van der Waals surface area contributed by atoms with Crippen molar-refractivity contribution in [3.8, 4) is 5.69 Å². The van der Waals surface area contributed by atoms with Gasteiger partial charge < -0.3 is 5.32 Å².